The Bertz CT molecular complexity index is 990. The molecule has 0 amide bonds. The Kier molecular flexibility index (Phi) is 5.29. The van der Waals surface area contributed by atoms with E-state index in [1.807, 2.05) is 57.8 Å². The summed E-state index contributed by atoms with van der Waals surface area (Å²) in [4.78, 5) is 1.51. The van der Waals surface area contributed by atoms with Crippen LogP contribution in [-0.4, -0.2) is 34.5 Å². The van der Waals surface area contributed by atoms with Gasteiger partial charge < -0.3 is 9.64 Å². The number of ether oxygens (including phenoxy) is 1. The molecule has 7 heteroatoms. The molecule has 0 bridgehead atoms. The van der Waals surface area contributed by atoms with Crippen LogP contribution >= 0.6 is 23.8 Å². The molecule has 0 unspecified atom stereocenters. The van der Waals surface area contributed by atoms with Crippen molar-refractivity contribution in [3.63, 3.8) is 0 Å². The normalized spacial score (nSPS) is 14.6. The Balaban J connectivity index is 1.84. The molecule has 27 heavy (non-hydrogen) atoms. The van der Waals surface area contributed by atoms with Crippen LogP contribution in [0.3, 0.4) is 0 Å². The highest BCUT2D eigenvalue weighted by Crippen LogP contribution is 2.29. The smallest absolute Gasteiger partial charge is 0.207 e. The summed E-state index contributed by atoms with van der Waals surface area (Å²) in [7, 11) is 1.66. The number of nitrogens with one attached hydrogen (secondary N) is 1. The average Bonchev–Trinajstić information content (AvgIpc) is 3.31. The molecular formula is C20H22ClN4OS+. The van der Waals surface area contributed by atoms with Crippen LogP contribution in [0.2, 0.25) is 5.02 Å². The van der Waals surface area contributed by atoms with Crippen molar-refractivity contribution < 1.29 is 9.64 Å². The van der Waals surface area contributed by atoms with Crippen molar-refractivity contribution in [2.24, 2.45) is 0 Å². The van der Waals surface area contributed by atoms with E-state index in [2.05, 4.69) is 0 Å². The molecule has 1 saturated heterocycles. The molecule has 0 atom stereocenters. The summed E-state index contributed by atoms with van der Waals surface area (Å²) in [6.07, 6.45) is 2.53. The second kappa shape index (κ2) is 7.84. The summed E-state index contributed by atoms with van der Waals surface area (Å²) in [5.41, 5.74) is 1.81. The highest BCUT2D eigenvalue weighted by Gasteiger charge is 2.21. The third kappa shape index (κ3) is 3.65. The van der Waals surface area contributed by atoms with Crippen LogP contribution in [0, 0.1) is 4.77 Å². The zero-order chi connectivity index (χ0) is 18.8. The fourth-order valence-corrected chi connectivity index (χ4v) is 4.05. The Labute approximate surface area is 168 Å². The summed E-state index contributed by atoms with van der Waals surface area (Å²) in [6.45, 7) is 3.11. The Morgan fingerprint density at radius 2 is 1.81 bits per heavy atom. The molecule has 2 aromatic carbocycles. The van der Waals surface area contributed by atoms with Gasteiger partial charge >= 0.3 is 0 Å². The van der Waals surface area contributed by atoms with Gasteiger partial charge in [-0.15, -0.1) is 5.10 Å². The van der Waals surface area contributed by atoms with Gasteiger partial charge in [0.1, 0.15) is 5.75 Å². The summed E-state index contributed by atoms with van der Waals surface area (Å²) >= 11 is 12.3. The van der Waals surface area contributed by atoms with Crippen LogP contribution in [0.5, 0.6) is 5.75 Å². The molecule has 5 nitrogen and oxygen atoms in total. The first-order valence-corrected chi connectivity index (χ1v) is 9.89. The predicted octanol–water partition coefficient (Wildman–Crippen LogP) is 3.37. The number of quaternary nitrogens is 1. The van der Waals surface area contributed by atoms with Gasteiger partial charge in [-0.25, -0.2) is 0 Å². The summed E-state index contributed by atoms with van der Waals surface area (Å²) in [6, 6.07) is 15.6. The number of likely N-dealkylation sites (tertiary alicyclic amines) is 1. The van der Waals surface area contributed by atoms with E-state index < -0.39 is 0 Å². The van der Waals surface area contributed by atoms with Crippen molar-refractivity contribution in [1.82, 2.24) is 14.3 Å². The Morgan fingerprint density at radius 3 is 2.48 bits per heavy atom. The highest BCUT2D eigenvalue weighted by atomic mass is 35.5. The van der Waals surface area contributed by atoms with Gasteiger partial charge in [0.15, 0.2) is 12.5 Å². The predicted molar refractivity (Wildman–Crippen MR) is 109 cm³/mol. The van der Waals surface area contributed by atoms with E-state index in [9.17, 15) is 0 Å². The van der Waals surface area contributed by atoms with Crippen molar-refractivity contribution in [2.45, 2.75) is 19.5 Å². The summed E-state index contributed by atoms with van der Waals surface area (Å²) < 4.78 is 9.88. The maximum Gasteiger partial charge on any atom is 0.207 e. The number of methoxy groups -OCH3 is 1. The van der Waals surface area contributed by atoms with Crippen LogP contribution in [0.4, 0.5) is 0 Å². The van der Waals surface area contributed by atoms with Crippen LogP contribution in [0.1, 0.15) is 12.8 Å². The number of hydrogen-bond acceptors (Lipinski definition) is 3. The lowest BCUT2D eigenvalue weighted by atomic mass is 10.2. The van der Waals surface area contributed by atoms with E-state index in [1.54, 1.807) is 7.11 Å². The summed E-state index contributed by atoms with van der Waals surface area (Å²) in [5, 5.41) is 5.52. The molecule has 1 fully saturated rings. The number of halogens is 1. The molecular weight excluding hydrogens is 380 g/mol. The molecule has 2 heterocycles. The zero-order valence-corrected chi connectivity index (χ0v) is 16.8. The van der Waals surface area contributed by atoms with Gasteiger partial charge in [-0.1, -0.05) is 23.7 Å². The van der Waals surface area contributed by atoms with Gasteiger partial charge in [-0.3, -0.25) is 4.57 Å². The van der Waals surface area contributed by atoms with E-state index in [4.69, 9.17) is 33.7 Å². The van der Waals surface area contributed by atoms with E-state index in [-0.39, 0.29) is 0 Å². The van der Waals surface area contributed by atoms with E-state index >= 15 is 0 Å². The number of nitrogens with zero attached hydrogens (tertiary/aromatic N) is 3. The third-order valence-electron chi connectivity index (χ3n) is 4.97. The minimum absolute atomic E-state index is 0.660. The minimum atomic E-state index is 0.660. The second-order valence-corrected chi connectivity index (χ2v) is 7.51. The van der Waals surface area contributed by atoms with Gasteiger partial charge in [-0.05, 0) is 48.6 Å². The minimum Gasteiger partial charge on any atom is -0.497 e. The van der Waals surface area contributed by atoms with E-state index in [1.165, 1.54) is 30.8 Å². The quantitative estimate of drug-likeness (QED) is 0.666. The highest BCUT2D eigenvalue weighted by molar-refractivity contribution is 7.71. The van der Waals surface area contributed by atoms with Crippen molar-refractivity contribution >= 4 is 23.8 Å². The molecule has 1 aromatic heterocycles. The van der Waals surface area contributed by atoms with Crippen molar-refractivity contribution in [1.29, 1.82) is 0 Å². The summed E-state index contributed by atoms with van der Waals surface area (Å²) in [5.74, 6) is 1.56. The van der Waals surface area contributed by atoms with E-state index in [0.717, 1.165) is 29.5 Å². The molecule has 1 aliphatic rings. The van der Waals surface area contributed by atoms with Gasteiger partial charge in [0.2, 0.25) is 4.77 Å². The largest absolute Gasteiger partial charge is 0.497 e. The zero-order valence-electron chi connectivity index (χ0n) is 15.2. The second-order valence-electron chi connectivity index (χ2n) is 6.73. The number of aromatic nitrogens is 3. The van der Waals surface area contributed by atoms with Crippen LogP contribution in [0.15, 0.2) is 48.5 Å². The van der Waals surface area contributed by atoms with Crippen LogP contribution in [0.25, 0.3) is 17.1 Å². The van der Waals surface area contributed by atoms with Gasteiger partial charge in [-0.2, -0.15) is 4.68 Å². The average molecular weight is 402 g/mol. The molecule has 0 radical (unpaired) electrons. The third-order valence-corrected chi connectivity index (χ3v) is 5.69. The molecule has 0 spiro atoms. The molecule has 1 N–H and O–H groups in total. The van der Waals surface area contributed by atoms with Gasteiger partial charge in [0.25, 0.3) is 0 Å². The molecule has 1 aliphatic heterocycles. The maximum absolute atomic E-state index is 6.48. The van der Waals surface area contributed by atoms with Crippen molar-refractivity contribution in [2.75, 3.05) is 20.2 Å². The topological polar surface area (TPSA) is 36.4 Å². The van der Waals surface area contributed by atoms with Crippen molar-refractivity contribution in [3.05, 3.63) is 58.3 Å². The standard InChI is InChI=1S/C20H21ClN4OS/c1-26-16-10-8-15(9-11-16)25-19(17-6-2-3-7-18(17)21)22-24(20(25)27)14-23-12-4-5-13-23/h2-3,6-11H,4-5,12-14H2,1H3/p+1. The molecule has 140 valence electrons. The molecule has 4 rings (SSSR count). The first-order valence-electron chi connectivity index (χ1n) is 9.10. The lowest BCUT2D eigenvalue weighted by Crippen LogP contribution is -3.09. The fraction of sp³-hybridized carbons (Fsp3) is 0.300. The number of hydrogen-bond donors (Lipinski definition) is 1. The molecule has 3 aromatic rings. The molecule has 0 saturated carbocycles. The Hall–Kier alpha value is -2.15. The first-order chi connectivity index (χ1) is 13.2. The lowest BCUT2D eigenvalue weighted by molar-refractivity contribution is -0.911. The first kappa shape index (κ1) is 18.2. The van der Waals surface area contributed by atoms with Gasteiger partial charge in [0, 0.05) is 18.4 Å². The van der Waals surface area contributed by atoms with Gasteiger partial charge in [0.05, 0.1) is 30.9 Å². The monoisotopic (exact) mass is 401 g/mol. The number of rotatable bonds is 5. The SMILES string of the molecule is COc1ccc(-n2c(-c3ccccc3Cl)nn(C[NH+]3CCCC3)c2=S)cc1. The van der Waals surface area contributed by atoms with Crippen molar-refractivity contribution in [3.8, 4) is 22.8 Å². The Morgan fingerprint density at radius 1 is 1.11 bits per heavy atom. The number of benzene rings is 2. The fourth-order valence-electron chi connectivity index (χ4n) is 3.54. The van der Waals surface area contributed by atoms with Crippen LogP contribution in [-0.2, 0) is 6.67 Å². The maximum atomic E-state index is 6.48. The molecule has 0 aliphatic carbocycles. The van der Waals surface area contributed by atoms with Crippen LogP contribution < -0.4 is 9.64 Å². The van der Waals surface area contributed by atoms with E-state index in [0.29, 0.717) is 9.79 Å². The lowest BCUT2D eigenvalue weighted by Gasteiger charge is -2.11.